The summed E-state index contributed by atoms with van der Waals surface area (Å²) < 4.78 is 5.80. The number of ether oxygens (including phenoxy) is 1. The zero-order chi connectivity index (χ0) is 16.8. The molecule has 24 heavy (non-hydrogen) atoms. The van der Waals surface area contributed by atoms with Crippen LogP contribution < -0.4 is 15.4 Å². The summed E-state index contributed by atoms with van der Waals surface area (Å²) in [4.78, 5) is 12.7. The minimum Gasteiger partial charge on any atom is -0.489 e. The molecule has 2 unspecified atom stereocenters. The van der Waals surface area contributed by atoms with E-state index in [2.05, 4.69) is 17.6 Å². The number of carbonyl (C=O) groups excluding carboxylic acids is 1. The molecule has 0 saturated carbocycles. The summed E-state index contributed by atoms with van der Waals surface area (Å²) in [6.07, 6.45) is 0.968. The van der Waals surface area contributed by atoms with Crippen molar-refractivity contribution in [3.8, 4) is 5.75 Å². The zero-order valence-corrected chi connectivity index (χ0v) is 14.0. The number of benzene rings is 2. The fourth-order valence-electron chi connectivity index (χ4n) is 3.02. The Hall–Kier alpha value is -2.33. The third-order valence-electron chi connectivity index (χ3n) is 4.50. The van der Waals surface area contributed by atoms with E-state index in [-0.39, 0.29) is 11.9 Å². The average molecular weight is 324 g/mol. The molecule has 126 valence electrons. The van der Waals surface area contributed by atoms with Crippen LogP contribution in [0.15, 0.2) is 54.6 Å². The summed E-state index contributed by atoms with van der Waals surface area (Å²) >= 11 is 0. The lowest BCUT2D eigenvalue weighted by Gasteiger charge is -2.30. The van der Waals surface area contributed by atoms with Gasteiger partial charge in [0.15, 0.2) is 0 Å². The minimum absolute atomic E-state index is 0.0130. The van der Waals surface area contributed by atoms with E-state index in [1.165, 1.54) is 0 Å². The van der Waals surface area contributed by atoms with Crippen molar-refractivity contribution < 1.29 is 9.53 Å². The second-order valence-corrected chi connectivity index (χ2v) is 6.31. The summed E-state index contributed by atoms with van der Waals surface area (Å²) in [5, 5.41) is 6.55. The van der Waals surface area contributed by atoms with Gasteiger partial charge in [0.05, 0.1) is 0 Å². The van der Waals surface area contributed by atoms with E-state index in [4.69, 9.17) is 4.74 Å². The molecular formula is C20H24N2O2. The largest absolute Gasteiger partial charge is 0.489 e. The van der Waals surface area contributed by atoms with Gasteiger partial charge in [0.1, 0.15) is 12.4 Å². The van der Waals surface area contributed by atoms with E-state index in [1.807, 2.05) is 54.6 Å². The van der Waals surface area contributed by atoms with Crippen molar-refractivity contribution in [3.63, 3.8) is 0 Å². The summed E-state index contributed by atoms with van der Waals surface area (Å²) in [5.74, 6) is 1.23. The van der Waals surface area contributed by atoms with Crippen LogP contribution in [0.3, 0.4) is 0 Å². The molecule has 2 atom stereocenters. The van der Waals surface area contributed by atoms with Gasteiger partial charge in [-0.3, -0.25) is 4.79 Å². The third-order valence-corrected chi connectivity index (χ3v) is 4.50. The molecule has 2 N–H and O–H groups in total. The van der Waals surface area contributed by atoms with E-state index < -0.39 is 0 Å². The van der Waals surface area contributed by atoms with Crippen molar-refractivity contribution in [2.75, 3.05) is 13.1 Å². The van der Waals surface area contributed by atoms with Crippen LogP contribution in [0, 0.1) is 5.92 Å². The monoisotopic (exact) mass is 324 g/mol. The molecule has 1 amide bonds. The Morgan fingerprint density at radius 2 is 1.92 bits per heavy atom. The Balaban J connectivity index is 1.67. The summed E-state index contributed by atoms with van der Waals surface area (Å²) in [6.45, 7) is 4.45. The maximum Gasteiger partial charge on any atom is 0.251 e. The summed E-state index contributed by atoms with van der Waals surface area (Å²) in [7, 11) is 0. The van der Waals surface area contributed by atoms with Crippen LogP contribution >= 0.6 is 0 Å². The van der Waals surface area contributed by atoms with Gasteiger partial charge in [0.25, 0.3) is 5.91 Å². The predicted molar refractivity (Wildman–Crippen MR) is 95.1 cm³/mol. The van der Waals surface area contributed by atoms with Crippen LogP contribution in [0.1, 0.15) is 29.3 Å². The molecule has 3 rings (SSSR count). The van der Waals surface area contributed by atoms with Crippen LogP contribution in [0.25, 0.3) is 0 Å². The fourth-order valence-corrected chi connectivity index (χ4v) is 3.02. The first kappa shape index (κ1) is 16.5. The molecule has 4 heteroatoms. The van der Waals surface area contributed by atoms with Gasteiger partial charge >= 0.3 is 0 Å². The number of rotatable bonds is 5. The molecule has 1 heterocycles. The van der Waals surface area contributed by atoms with Crippen LogP contribution in [0.4, 0.5) is 0 Å². The van der Waals surface area contributed by atoms with Gasteiger partial charge in [-0.05, 0) is 43.6 Å². The van der Waals surface area contributed by atoms with E-state index in [1.54, 1.807) is 0 Å². The average Bonchev–Trinajstić information content (AvgIpc) is 2.63. The highest BCUT2D eigenvalue weighted by Crippen LogP contribution is 2.16. The number of nitrogens with one attached hydrogen (secondary N) is 2. The maximum absolute atomic E-state index is 12.7. The first-order chi connectivity index (χ1) is 11.7. The van der Waals surface area contributed by atoms with Crippen molar-refractivity contribution >= 4 is 5.91 Å². The normalized spacial score (nSPS) is 20.4. The Bertz CT molecular complexity index is 672. The Morgan fingerprint density at radius 1 is 1.17 bits per heavy atom. The maximum atomic E-state index is 12.7. The Morgan fingerprint density at radius 3 is 2.71 bits per heavy atom. The molecule has 0 bridgehead atoms. The number of amides is 1. The Labute approximate surface area is 143 Å². The number of piperidine rings is 1. The van der Waals surface area contributed by atoms with Gasteiger partial charge in [-0.25, -0.2) is 0 Å². The van der Waals surface area contributed by atoms with Crippen molar-refractivity contribution in [3.05, 3.63) is 65.7 Å². The second-order valence-electron chi connectivity index (χ2n) is 6.31. The fraction of sp³-hybridized carbons (Fsp3) is 0.350. The lowest BCUT2D eigenvalue weighted by Crippen LogP contribution is -2.48. The van der Waals surface area contributed by atoms with Gasteiger partial charge in [-0.15, -0.1) is 0 Å². The van der Waals surface area contributed by atoms with E-state index in [9.17, 15) is 4.79 Å². The molecular weight excluding hydrogens is 300 g/mol. The van der Waals surface area contributed by atoms with Crippen molar-refractivity contribution in [2.24, 2.45) is 5.92 Å². The lowest BCUT2D eigenvalue weighted by molar-refractivity contribution is 0.0911. The topological polar surface area (TPSA) is 50.4 Å². The molecule has 1 fully saturated rings. The van der Waals surface area contributed by atoms with Gasteiger partial charge < -0.3 is 15.4 Å². The van der Waals surface area contributed by atoms with Crippen LogP contribution in [-0.4, -0.2) is 25.0 Å². The van der Waals surface area contributed by atoms with E-state index in [0.717, 1.165) is 30.8 Å². The van der Waals surface area contributed by atoms with Crippen LogP contribution in [0.2, 0.25) is 0 Å². The summed E-state index contributed by atoms with van der Waals surface area (Å²) in [6, 6.07) is 17.5. The lowest BCUT2D eigenvalue weighted by atomic mass is 9.94. The highest BCUT2D eigenvalue weighted by Gasteiger charge is 2.23. The minimum atomic E-state index is -0.0130. The third kappa shape index (κ3) is 4.15. The van der Waals surface area contributed by atoms with Gasteiger partial charge in [0, 0.05) is 17.2 Å². The van der Waals surface area contributed by atoms with Crippen molar-refractivity contribution in [2.45, 2.75) is 26.0 Å². The zero-order valence-electron chi connectivity index (χ0n) is 14.0. The predicted octanol–water partition coefficient (Wildman–Crippen LogP) is 2.99. The molecule has 1 aliphatic rings. The smallest absolute Gasteiger partial charge is 0.251 e. The quantitative estimate of drug-likeness (QED) is 0.889. The summed E-state index contributed by atoms with van der Waals surface area (Å²) in [5.41, 5.74) is 1.60. The first-order valence-corrected chi connectivity index (χ1v) is 8.51. The molecule has 1 aliphatic heterocycles. The van der Waals surface area contributed by atoms with E-state index >= 15 is 0 Å². The molecule has 2 aromatic rings. The molecule has 0 spiro atoms. The van der Waals surface area contributed by atoms with Crippen LogP contribution in [0.5, 0.6) is 5.75 Å². The van der Waals surface area contributed by atoms with Gasteiger partial charge in [-0.1, -0.05) is 43.3 Å². The molecule has 1 saturated heterocycles. The van der Waals surface area contributed by atoms with E-state index in [0.29, 0.717) is 18.1 Å². The van der Waals surface area contributed by atoms with Crippen molar-refractivity contribution in [1.29, 1.82) is 0 Å². The highest BCUT2D eigenvalue weighted by atomic mass is 16.5. The number of hydrogen-bond donors (Lipinski definition) is 2. The highest BCUT2D eigenvalue weighted by molar-refractivity contribution is 5.95. The standard InChI is InChI=1S/C20H24N2O2/c1-15-13-21-12-11-19(15)22-20(23)18-10-6-5-7-16(18)14-24-17-8-3-2-4-9-17/h2-10,15,19,21H,11-14H2,1H3,(H,22,23). The number of carbonyl (C=O) groups is 1. The van der Waals surface area contributed by atoms with Gasteiger partial charge in [0.2, 0.25) is 0 Å². The molecule has 2 aromatic carbocycles. The molecule has 4 nitrogen and oxygen atoms in total. The molecule has 0 aliphatic carbocycles. The second kappa shape index (κ2) is 7.97. The first-order valence-electron chi connectivity index (χ1n) is 8.51. The van der Waals surface area contributed by atoms with Crippen molar-refractivity contribution in [1.82, 2.24) is 10.6 Å². The SMILES string of the molecule is CC1CNCCC1NC(=O)c1ccccc1COc1ccccc1. The number of hydrogen-bond acceptors (Lipinski definition) is 3. The van der Waals surface area contributed by atoms with Crippen LogP contribution in [-0.2, 0) is 6.61 Å². The molecule has 0 aromatic heterocycles. The Kier molecular flexibility index (Phi) is 5.49. The van der Waals surface area contributed by atoms with Gasteiger partial charge in [-0.2, -0.15) is 0 Å². The number of para-hydroxylation sites is 1. The molecule has 0 radical (unpaired) electrons.